The van der Waals surface area contributed by atoms with E-state index >= 15 is 0 Å². The van der Waals surface area contributed by atoms with Gasteiger partial charge in [0, 0.05) is 37.6 Å². The van der Waals surface area contributed by atoms with Crippen molar-refractivity contribution in [2.24, 2.45) is 0 Å². The van der Waals surface area contributed by atoms with Gasteiger partial charge in [0.05, 0.1) is 5.56 Å². The highest BCUT2D eigenvalue weighted by atomic mass is 19.3. The molecule has 0 atom stereocenters. The van der Waals surface area contributed by atoms with Gasteiger partial charge >= 0.3 is 6.61 Å². The molecule has 2 aromatic carbocycles. The second-order valence-corrected chi connectivity index (χ2v) is 6.62. The summed E-state index contributed by atoms with van der Waals surface area (Å²) in [4.78, 5) is 17.1. The molecule has 7 heteroatoms. The summed E-state index contributed by atoms with van der Waals surface area (Å²) in [5.41, 5.74) is 2.87. The number of likely N-dealkylation sites (N-methyl/N-ethyl adjacent to an activating group) is 1. The molecule has 0 radical (unpaired) electrons. The van der Waals surface area contributed by atoms with Crippen molar-refractivity contribution in [3.8, 4) is 5.75 Å². The normalized spacial score (nSPS) is 15.1. The molecule has 1 heterocycles. The van der Waals surface area contributed by atoms with Crippen molar-refractivity contribution >= 4 is 17.3 Å². The molecule has 5 nitrogen and oxygen atoms in total. The predicted molar refractivity (Wildman–Crippen MR) is 102 cm³/mol. The Hall–Kier alpha value is -2.67. The van der Waals surface area contributed by atoms with Crippen molar-refractivity contribution in [1.82, 2.24) is 4.90 Å². The lowest BCUT2D eigenvalue weighted by molar-refractivity contribution is -0.0501. The number of ether oxygens (including phenoxy) is 1. The summed E-state index contributed by atoms with van der Waals surface area (Å²) in [5, 5.41) is 2.76. The Morgan fingerprint density at radius 1 is 1.11 bits per heavy atom. The predicted octanol–water partition coefficient (Wildman–Crippen LogP) is 3.60. The van der Waals surface area contributed by atoms with Gasteiger partial charge < -0.3 is 19.9 Å². The van der Waals surface area contributed by atoms with E-state index in [-0.39, 0.29) is 11.3 Å². The van der Waals surface area contributed by atoms with Crippen LogP contribution in [0.2, 0.25) is 0 Å². The molecular formula is C20H23F2N3O2. The Balaban J connectivity index is 1.73. The molecule has 0 unspecified atom stereocenters. The summed E-state index contributed by atoms with van der Waals surface area (Å²) in [5.74, 6) is -0.631. The van der Waals surface area contributed by atoms with Gasteiger partial charge in [-0.3, -0.25) is 4.79 Å². The van der Waals surface area contributed by atoms with Crippen LogP contribution in [0.25, 0.3) is 0 Å². The van der Waals surface area contributed by atoms with Crippen LogP contribution in [0.15, 0.2) is 42.5 Å². The third-order valence-corrected chi connectivity index (χ3v) is 4.65. The number of rotatable bonds is 5. The zero-order valence-electron chi connectivity index (χ0n) is 15.4. The van der Waals surface area contributed by atoms with Gasteiger partial charge in [-0.15, -0.1) is 0 Å². The topological polar surface area (TPSA) is 44.8 Å². The van der Waals surface area contributed by atoms with E-state index < -0.39 is 12.5 Å². The first kappa shape index (κ1) is 19.1. The van der Waals surface area contributed by atoms with Crippen LogP contribution in [0.4, 0.5) is 20.2 Å². The fourth-order valence-electron chi connectivity index (χ4n) is 3.19. The number of piperazine rings is 1. The molecule has 0 spiro atoms. The first-order valence-electron chi connectivity index (χ1n) is 8.83. The third kappa shape index (κ3) is 4.74. The molecule has 1 amide bonds. The van der Waals surface area contributed by atoms with Gasteiger partial charge in [-0.2, -0.15) is 8.78 Å². The number of nitrogens with zero attached hydrogens (tertiary/aromatic N) is 2. The van der Waals surface area contributed by atoms with Crippen LogP contribution in [0.5, 0.6) is 5.75 Å². The fraction of sp³-hybridized carbons (Fsp3) is 0.350. The largest absolute Gasteiger partial charge is 0.434 e. The summed E-state index contributed by atoms with van der Waals surface area (Å²) in [6, 6.07) is 11.7. The standard InChI is InChI=1S/C20H23F2N3O2/c1-14-13-15(7-8-17(14)25-11-9-24(2)10-12-25)23-19(26)16-5-3-4-6-18(16)27-20(21)22/h3-8,13,20H,9-12H2,1-2H3,(H,23,26). The lowest BCUT2D eigenvalue weighted by Crippen LogP contribution is -2.44. The van der Waals surface area contributed by atoms with Crippen molar-refractivity contribution in [2.75, 3.05) is 43.4 Å². The highest BCUT2D eigenvalue weighted by molar-refractivity contribution is 6.06. The average molecular weight is 375 g/mol. The zero-order chi connectivity index (χ0) is 19.4. The van der Waals surface area contributed by atoms with Crippen molar-refractivity contribution in [3.05, 3.63) is 53.6 Å². The molecule has 0 bridgehead atoms. The first-order valence-corrected chi connectivity index (χ1v) is 8.83. The Labute approximate surface area is 157 Å². The van der Waals surface area contributed by atoms with Crippen molar-refractivity contribution in [2.45, 2.75) is 13.5 Å². The van der Waals surface area contributed by atoms with Crippen LogP contribution in [-0.2, 0) is 0 Å². The molecule has 1 aliphatic heterocycles. The van der Waals surface area contributed by atoms with Gasteiger partial charge in [0.1, 0.15) is 5.75 Å². The van der Waals surface area contributed by atoms with Crippen LogP contribution in [0.3, 0.4) is 0 Å². The second kappa shape index (κ2) is 8.35. The number of carbonyl (C=O) groups excluding carboxylic acids is 1. The van der Waals surface area contributed by atoms with Crippen LogP contribution in [-0.4, -0.2) is 50.6 Å². The third-order valence-electron chi connectivity index (χ3n) is 4.65. The van der Waals surface area contributed by atoms with E-state index in [0.29, 0.717) is 5.69 Å². The van der Waals surface area contributed by atoms with Crippen molar-refractivity contribution in [1.29, 1.82) is 0 Å². The number of anilines is 2. The number of hydrogen-bond donors (Lipinski definition) is 1. The molecule has 1 fully saturated rings. The Kier molecular flexibility index (Phi) is 5.91. The van der Waals surface area contributed by atoms with Gasteiger partial charge in [-0.1, -0.05) is 12.1 Å². The van der Waals surface area contributed by atoms with E-state index in [0.717, 1.165) is 37.4 Å². The van der Waals surface area contributed by atoms with Crippen LogP contribution in [0, 0.1) is 6.92 Å². The minimum Gasteiger partial charge on any atom is -0.434 e. The summed E-state index contributed by atoms with van der Waals surface area (Å²) < 4.78 is 29.5. The van der Waals surface area contributed by atoms with Gasteiger partial charge in [0.25, 0.3) is 5.91 Å². The van der Waals surface area contributed by atoms with Gasteiger partial charge in [-0.25, -0.2) is 0 Å². The van der Waals surface area contributed by atoms with E-state index in [1.54, 1.807) is 12.1 Å². The van der Waals surface area contributed by atoms with E-state index in [2.05, 4.69) is 26.9 Å². The molecule has 3 rings (SSSR count). The summed E-state index contributed by atoms with van der Waals surface area (Å²) in [7, 11) is 2.11. The molecule has 0 aromatic heterocycles. The van der Waals surface area contributed by atoms with Crippen molar-refractivity contribution < 1.29 is 18.3 Å². The first-order chi connectivity index (χ1) is 12.9. The maximum atomic E-state index is 12.5. The number of carbonyl (C=O) groups is 1. The van der Waals surface area contributed by atoms with Gasteiger partial charge in [-0.05, 0) is 49.9 Å². The number of nitrogens with one attached hydrogen (secondary N) is 1. The van der Waals surface area contributed by atoms with Crippen molar-refractivity contribution in [3.63, 3.8) is 0 Å². The highest BCUT2D eigenvalue weighted by Crippen LogP contribution is 2.26. The van der Waals surface area contributed by atoms with Crippen LogP contribution < -0.4 is 15.0 Å². The number of benzene rings is 2. The lowest BCUT2D eigenvalue weighted by atomic mass is 10.1. The molecule has 2 aromatic rings. The molecular weight excluding hydrogens is 352 g/mol. The number of para-hydroxylation sites is 1. The van der Waals surface area contributed by atoms with Gasteiger partial charge in [0.15, 0.2) is 0 Å². The second-order valence-electron chi connectivity index (χ2n) is 6.62. The Bertz CT molecular complexity index is 806. The maximum Gasteiger partial charge on any atom is 0.387 e. The molecule has 0 aliphatic carbocycles. The Morgan fingerprint density at radius 2 is 1.81 bits per heavy atom. The SMILES string of the molecule is Cc1cc(NC(=O)c2ccccc2OC(F)F)ccc1N1CCN(C)CC1. The van der Waals surface area contributed by atoms with Crippen LogP contribution in [0.1, 0.15) is 15.9 Å². The summed E-state index contributed by atoms with van der Waals surface area (Å²) >= 11 is 0. The fourth-order valence-corrected chi connectivity index (χ4v) is 3.19. The number of hydrogen-bond acceptors (Lipinski definition) is 4. The summed E-state index contributed by atoms with van der Waals surface area (Å²) in [6.07, 6.45) is 0. The van der Waals surface area contributed by atoms with E-state index in [9.17, 15) is 13.6 Å². The lowest BCUT2D eigenvalue weighted by Gasteiger charge is -2.35. The number of aryl methyl sites for hydroxylation is 1. The van der Waals surface area contributed by atoms with Crippen LogP contribution >= 0.6 is 0 Å². The quantitative estimate of drug-likeness (QED) is 0.867. The smallest absolute Gasteiger partial charge is 0.387 e. The molecule has 144 valence electrons. The van der Waals surface area contributed by atoms with E-state index in [1.165, 1.54) is 12.1 Å². The molecule has 0 saturated carbocycles. The zero-order valence-corrected chi connectivity index (χ0v) is 15.4. The van der Waals surface area contributed by atoms with E-state index in [4.69, 9.17) is 0 Å². The molecule has 1 N–H and O–H groups in total. The highest BCUT2D eigenvalue weighted by Gasteiger charge is 2.18. The number of halogens is 2. The number of alkyl halides is 2. The Morgan fingerprint density at radius 3 is 2.48 bits per heavy atom. The average Bonchev–Trinajstić information content (AvgIpc) is 2.63. The minimum absolute atomic E-state index is 0.0681. The number of amides is 1. The monoisotopic (exact) mass is 375 g/mol. The summed E-state index contributed by atoms with van der Waals surface area (Å²) in [6.45, 7) is 2.96. The van der Waals surface area contributed by atoms with E-state index in [1.807, 2.05) is 25.1 Å². The molecule has 1 saturated heterocycles. The molecule has 27 heavy (non-hydrogen) atoms. The minimum atomic E-state index is -2.98. The maximum absolute atomic E-state index is 12.5. The van der Waals surface area contributed by atoms with Gasteiger partial charge in [0.2, 0.25) is 0 Å². The molecule has 1 aliphatic rings.